The van der Waals surface area contributed by atoms with Gasteiger partial charge < -0.3 is 5.11 Å². The van der Waals surface area contributed by atoms with Crippen molar-refractivity contribution in [2.45, 2.75) is 32.1 Å². The summed E-state index contributed by atoms with van der Waals surface area (Å²) >= 11 is 1.62. The zero-order valence-corrected chi connectivity index (χ0v) is 10.1. The Kier molecular flexibility index (Phi) is 4.21. The van der Waals surface area contributed by atoms with Gasteiger partial charge in [0.25, 0.3) is 0 Å². The van der Waals surface area contributed by atoms with Gasteiger partial charge in [0.1, 0.15) is 0 Å². The molecule has 0 aliphatic heterocycles. The molecule has 0 aromatic heterocycles. The van der Waals surface area contributed by atoms with E-state index in [1.807, 2.05) is 0 Å². The number of hydrogen-bond acceptors (Lipinski definition) is 2. The highest BCUT2D eigenvalue weighted by Crippen LogP contribution is 2.26. The molecule has 0 heterocycles. The van der Waals surface area contributed by atoms with E-state index in [-0.39, 0.29) is 6.42 Å². The minimum absolute atomic E-state index is 0.219. The molecular weight excluding hydrogens is 208 g/mol. The summed E-state index contributed by atoms with van der Waals surface area (Å²) in [5, 5.41) is 8.55. The van der Waals surface area contributed by atoms with E-state index in [1.54, 1.807) is 11.8 Å². The predicted octanol–water partition coefficient (Wildman–Crippen LogP) is 3.18. The van der Waals surface area contributed by atoms with Gasteiger partial charge in [-0.15, -0.1) is 11.8 Å². The summed E-state index contributed by atoms with van der Waals surface area (Å²) in [7, 11) is 0. The summed E-state index contributed by atoms with van der Waals surface area (Å²) in [6.07, 6.45) is 0.219. The summed E-state index contributed by atoms with van der Waals surface area (Å²) < 4.78 is 0. The number of thioether (sulfide) groups is 1. The maximum Gasteiger partial charge on any atom is 0.304 e. The van der Waals surface area contributed by atoms with Crippen molar-refractivity contribution in [3.8, 4) is 0 Å². The molecule has 0 fully saturated rings. The molecule has 0 bridgehead atoms. The summed E-state index contributed by atoms with van der Waals surface area (Å²) in [4.78, 5) is 11.6. The third-order valence-corrected chi connectivity index (χ3v) is 3.74. The van der Waals surface area contributed by atoms with E-state index in [9.17, 15) is 4.79 Å². The molecule has 15 heavy (non-hydrogen) atoms. The van der Waals surface area contributed by atoms with Crippen LogP contribution in [0.5, 0.6) is 0 Å². The summed E-state index contributed by atoms with van der Waals surface area (Å²) in [6.45, 7) is 6.28. The van der Waals surface area contributed by atoms with Gasteiger partial charge in [-0.3, -0.25) is 4.79 Å². The Labute approximate surface area is 94.7 Å². The van der Waals surface area contributed by atoms with Crippen LogP contribution in [0.4, 0.5) is 0 Å². The fraction of sp³-hybridized carbons (Fsp3) is 0.417. The monoisotopic (exact) mass is 224 g/mol. The fourth-order valence-electron chi connectivity index (χ4n) is 1.34. The molecule has 0 spiro atoms. The van der Waals surface area contributed by atoms with Crippen LogP contribution in [-0.2, 0) is 4.79 Å². The molecule has 0 radical (unpaired) electrons. The Bertz CT molecular complexity index is 372. The molecule has 0 saturated heterocycles. The van der Waals surface area contributed by atoms with Crippen molar-refractivity contribution in [3.05, 3.63) is 28.8 Å². The summed E-state index contributed by atoms with van der Waals surface area (Å²) in [5.74, 6) is -0.0948. The summed E-state index contributed by atoms with van der Waals surface area (Å²) in [5.41, 5.74) is 3.86. The highest BCUT2D eigenvalue weighted by Gasteiger charge is 2.05. The number of aliphatic carboxylic acids is 1. The summed E-state index contributed by atoms with van der Waals surface area (Å²) in [6, 6.07) is 4.16. The van der Waals surface area contributed by atoms with Crippen molar-refractivity contribution < 1.29 is 9.90 Å². The molecule has 0 saturated carbocycles. The lowest BCUT2D eigenvalue weighted by atomic mass is 10.1. The number of carbonyl (C=O) groups is 1. The number of hydrogen-bond donors (Lipinski definition) is 1. The lowest BCUT2D eigenvalue weighted by Crippen LogP contribution is -1.96. The van der Waals surface area contributed by atoms with Crippen LogP contribution in [0.25, 0.3) is 0 Å². The maximum atomic E-state index is 10.4. The smallest absolute Gasteiger partial charge is 0.304 e. The van der Waals surface area contributed by atoms with Gasteiger partial charge in [0.15, 0.2) is 0 Å². The van der Waals surface area contributed by atoms with Gasteiger partial charge >= 0.3 is 5.97 Å². The third-order valence-electron chi connectivity index (χ3n) is 2.58. The van der Waals surface area contributed by atoms with Crippen LogP contribution in [0.1, 0.15) is 23.1 Å². The minimum Gasteiger partial charge on any atom is -0.481 e. The van der Waals surface area contributed by atoms with Gasteiger partial charge in [0.2, 0.25) is 0 Å². The molecule has 2 nitrogen and oxygen atoms in total. The van der Waals surface area contributed by atoms with Gasteiger partial charge in [0.05, 0.1) is 6.42 Å². The van der Waals surface area contributed by atoms with Crippen molar-refractivity contribution >= 4 is 17.7 Å². The second-order valence-corrected chi connectivity index (χ2v) is 4.76. The molecule has 0 amide bonds. The average Bonchev–Trinajstić information content (AvgIpc) is 2.18. The molecule has 0 aliphatic rings. The van der Waals surface area contributed by atoms with Crippen molar-refractivity contribution in [2.24, 2.45) is 0 Å². The number of carboxylic acid groups (broad SMARTS) is 1. The van der Waals surface area contributed by atoms with Crippen molar-refractivity contribution in [1.29, 1.82) is 0 Å². The second kappa shape index (κ2) is 5.21. The zero-order chi connectivity index (χ0) is 11.4. The fourth-order valence-corrected chi connectivity index (χ4v) is 2.37. The normalized spacial score (nSPS) is 10.3. The third kappa shape index (κ3) is 3.27. The number of rotatable bonds is 4. The molecule has 0 unspecified atom stereocenters. The van der Waals surface area contributed by atoms with E-state index in [0.29, 0.717) is 5.75 Å². The van der Waals surface area contributed by atoms with Crippen LogP contribution < -0.4 is 0 Å². The number of aryl methyl sites for hydroxylation is 1. The predicted molar refractivity (Wildman–Crippen MR) is 63.6 cm³/mol. The molecule has 1 N–H and O–H groups in total. The lowest BCUT2D eigenvalue weighted by Gasteiger charge is -2.10. The van der Waals surface area contributed by atoms with E-state index in [2.05, 4.69) is 32.9 Å². The zero-order valence-electron chi connectivity index (χ0n) is 9.33. The first-order chi connectivity index (χ1) is 7.02. The Morgan fingerprint density at radius 3 is 2.53 bits per heavy atom. The van der Waals surface area contributed by atoms with E-state index in [4.69, 9.17) is 5.11 Å². The van der Waals surface area contributed by atoms with Crippen LogP contribution >= 0.6 is 11.8 Å². The SMILES string of the molecule is Cc1ccc(SCCC(=O)O)c(C)c1C. The molecule has 1 aromatic rings. The molecule has 82 valence electrons. The van der Waals surface area contributed by atoms with Crippen LogP contribution in [0, 0.1) is 20.8 Å². The van der Waals surface area contributed by atoms with E-state index in [0.717, 1.165) is 0 Å². The second-order valence-electron chi connectivity index (χ2n) is 3.62. The quantitative estimate of drug-likeness (QED) is 0.798. The van der Waals surface area contributed by atoms with Gasteiger partial charge in [0, 0.05) is 10.6 Å². The van der Waals surface area contributed by atoms with Crippen molar-refractivity contribution in [1.82, 2.24) is 0 Å². The highest BCUT2D eigenvalue weighted by molar-refractivity contribution is 7.99. The average molecular weight is 224 g/mol. The van der Waals surface area contributed by atoms with Gasteiger partial charge in [-0.1, -0.05) is 6.07 Å². The van der Waals surface area contributed by atoms with Gasteiger partial charge in [-0.05, 0) is 43.5 Å². The first kappa shape index (κ1) is 12.1. The molecule has 1 rings (SSSR count). The molecular formula is C12H16O2S. The standard InChI is InChI=1S/C12H16O2S/c1-8-4-5-11(10(3)9(8)2)15-7-6-12(13)14/h4-5H,6-7H2,1-3H3,(H,13,14). The molecule has 1 aromatic carbocycles. The topological polar surface area (TPSA) is 37.3 Å². The Morgan fingerprint density at radius 2 is 1.93 bits per heavy atom. The van der Waals surface area contributed by atoms with Gasteiger partial charge in [-0.25, -0.2) is 0 Å². The number of benzene rings is 1. The van der Waals surface area contributed by atoms with Gasteiger partial charge in [-0.2, -0.15) is 0 Å². The molecule has 0 aliphatic carbocycles. The highest BCUT2D eigenvalue weighted by atomic mass is 32.2. The largest absolute Gasteiger partial charge is 0.481 e. The molecule has 3 heteroatoms. The number of carboxylic acids is 1. The van der Waals surface area contributed by atoms with E-state index >= 15 is 0 Å². The Morgan fingerprint density at radius 1 is 1.27 bits per heavy atom. The van der Waals surface area contributed by atoms with Crippen LogP contribution in [0.3, 0.4) is 0 Å². The van der Waals surface area contributed by atoms with Crippen molar-refractivity contribution in [3.63, 3.8) is 0 Å². The van der Waals surface area contributed by atoms with Crippen molar-refractivity contribution in [2.75, 3.05) is 5.75 Å². The Balaban J connectivity index is 2.70. The molecule has 0 atom stereocenters. The first-order valence-corrected chi connectivity index (χ1v) is 5.92. The van der Waals surface area contributed by atoms with Crippen LogP contribution in [0.2, 0.25) is 0 Å². The first-order valence-electron chi connectivity index (χ1n) is 4.93. The maximum absolute atomic E-state index is 10.4. The van der Waals surface area contributed by atoms with Crippen LogP contribution in [-0.4, -0.2) is 16.8 Å². The lowest BCUT2D eigenvalue weighted by molar-refractivity contribution is -0.136. The van der Waals surface area contributed by atoms with Crippen LogP contribution in [0.15, 0.2) is 17.0 Å². The Hall–Kier alpha value is -0.960. The minimum atomic E-state index is -0.732. The van der Waals surface area contributed by atoms with E-state index in [1.165, 1.54) is 21.6 Å². The van der Waals surface area contributed by atoms with E-state index < -0.39 is 5.97 Å².